The van der Waals surface area contributed by atoms with Crippen molar-refractivity contribution in [1.29, 1.82) is 0 Å². The highest BCUT2D eigenvalue weighted by molar-refractivity contribution is 6.13. The van der Waals surface area contributed by atoms with Crippen LogP contribution in [0.1, 0.15) is 17.2 Å². The molecule has 0 radical (unpaired) electrons. The van der Waals surface area contributed by atoms with Gasteiger partial charge in [0.25, 0.3) is 0 Å². The quantitative estimate of drug-likeness (QED) is 0.410. The maximum absolute atomic E-state index is 9.88. The van der Waals surface area contributed by atoms with Crippen molar-refractivity contribution in [3.8, 4) is 5.75 Å². The lowest BCUT2D eigenvalue weighted by Crippen LogP contribution is -2.21. The number of phenolic OH excluding ortho intramolecular Hbond substituents is 1. The summed E-state index contributed by atoms with van der Waals surface area (Å²) < 4.78 is 0. The first-order valence-electron chi connectivity index (χ1n) is 5.13. The van der Waals surface area contributed by atoms with Crippen molar-refractivity contribution in [2.75, 3.05) is 11.9 Å². The number of rotatable bonds is 3. The molecule has 0 fully saturated rings. The van der Waals surface area contributed by atoms with Gasteiger partial charge in [0.15, 0.2) is 0 Å². The zero-order chi connectivity index (χ0) is 12.4. The Hall–Kier alpha value is -1.27. The molecule has 1 aliphatic heterocycles. The largest absolute Gasteiger partial charge is 0.506 e. The van der Waals surface area contributed by atoms with Gasteiger partial charge >= 0.3 is 0 Å². The third kappa shape index (κ3) is 2.37. The standard InChI is InChI=1S/C11H13ClN2O3/c12-13-5-9(16)6-1-3-8(15)11-7(6)2-4-10(17)14-11/h1-4,9-10,13-17H,5H2. The summed E-state index contributed by atoms with van der Waals surface area (Å²) in [6.07, 6.45) is 1.56. The molecule has 1 aromatic rings. The van der Waals surface area contributed by atoms with Gasteiger partial charge < -0.3 is 20.6 Å². The van der Waals surface area contributed by atoms with Crippen LogP contribution in [-0.2, 0) is 0 Å². The van der Waals surface area contributed by atoms with Crippen molar-refractivity contribution < 1.29 is 15.3 Å². The summed E-state index contributed by atoms with van der Waals surface area (Å²) in [4.78, 5) is 2.36. The first-order valence-corrected chi connectivity index (χ1v) is 5.51. The van der Waals surface area contributed by atoms with Crippen LogP contribution < -0.4 is 10.2 Å². The molecule has 0 saturated heterocycles. The molecular formula is C11H13ClN2O3. The molecule has 2 atom stereocenters. The molecule has 5 nitrogen and oxygen atoms in total. The monoisotopic (exact) mass is 256 g/mol. The number of aliphatic hydroxyl groups is 2. The summed E-state index contributed by atoms with van der Waals surface area (Å²) >= 11 is 5.35. The van der Waals surface area contributed by atoms with Crippen LogP contribution >= 0.6 is 11.8 Å². The van der Waals surface area contributed by atoms with Crippen molar-refractivity contribution in [2.24, 2.45) is 0 Å². The zero-order valence-corrected chi connectivity index (χ0v) is 9.65. The maximum Gasteiger partial charge on any atom is 0.144 e. The van der Waals surface area contributed by atoms with Gasteiger partial charge in [0.1, 0.15) is 12.0 Å². The highest BCUT2D eigenvalue weighted by Gasteiger charge is 2.20. The number of hydrogen-bond acceptors (Lipinski definition) is 5. The normalized spacial score (nSPS) is 19.6. The number of aromatic hydroxyl groups is 1. The number of phenols is 1. The third-order valence-corrected chi connectivity index (χ3v) is 2.78. The maximum atomic E-state index is 9.88. The number of anilines is 1. The van der Waals surface area contributed by atoms with Crippen LogP contribution in [0.2, 0.25) is 0 Å². The first kappa shape index (κ1) is 12.2. The van der Waals surface area contributed by atoms with E-state index in [0.29, 0.717) is 16.8 Å². The van der Waals surface area contributed by atoms with E-state index in [2.05, 4.69) is 10.2 Å². The highest BCUT2D eigenvalue weighted by Crippen LogP contribution is 2.36. The predicted octanol–water partition coefficient (Wildman–Crippen LogP) is 0.926. The SMILES string of the molecule is Oc1ccc(C(O)CNCl)c2c1NC(O)C=C2. The third-order valence-electron chi connectivity index (χ3n) is 2.62. The number of benzene rings is 1. The number of nitrogens with one attached hydrogen (secondary N) is 2. The Morgan fingerprint density at radius 3 is 2.94 bits per heavy atom. The molecule has 6 heteroatoms. The van der Waals surface area contributed by atoms with Gasteiger partial charge in [-0.2, -0.15) is 0 Å². The van der Waals surface area contributed by atoms with Gasteiger partial charge in [-0.3, -0.25) is 0 Å². The molecule has 0 aliphatic carbocycles. The molecule has 0 bridgehead atoms. The Labute approximate surface area is 103 Å². The summed E-state index contributed by atoms with van der Waals surface area (Å²) in [5.41, 5.74) is 1.68. The molecule has 0 aromatic heterocycles. The van der Waals surface area contributed by atoms with Gasteiger partial charge in [0.05, 0.1) is 11.8 Å². The van der Waals surface area contributed by atoms with E-state index in [0.717, 1.165) is 0 Å². The van der Waals surface area contributed by atoms with E-state index in [4.69, 9.17) is 11.8 Å². The molecule has 1 aliphatic rings. The van der Waals surface area contributed by atoms with E-state index >= 15 is 0 Å². The molecule has 0 saturated carbocycles. The number of fused-ring (bicyclic) bond motifs is 1. The Bertz CT molecular complexity index is 451. The molecule has 2 unspecified atom stereocenters. The van der Waals surface area contributed by atoms with Gasteiger partial charge in [0.2, 0.25) is 0 Å². The molecule has 0 spiro atoms. The Morgan fingerprint density at radius 1 is 1.47 bits per heavy atom. The van der Waals surface area contributed by atoms with E-state index in [1.807, 2.05) is 0 Å². The van der Waals surface area contributed by atoms with Crippen molar-refractivity contribution in [3.63, 3.8) is 0 Å². The van der Waals surface area contributed by atoms with Crippen LogP contribution in [0.4, 0.5) is 5.69 Å². The van der Waals surface area contributed by atoms with Crippen LogP contribution in [0.3, 0.4) is 0 Å². The van der Waals surface area contributed by atoms with Crippen LogP contribution in [0.5, 0.6) is 5.75 Å². The van der Waals surface area contributed by atoms with Crippen LogP contribution in [0, 0.1) is 0 Å². The average molecular weight is 257 g/mol. The lowest BCUT2D eigenvalue weighted by molar-refractivity contribution is 0.182. The minimum absolute atomic E-state index is 0.0261. The van der Waals surface area contributed by atoms with Gasteiger partial charge in [-0.15, -0.1) is 0 Å². The topological polar surface area (TPSA) is 84.8 Å². The van der Waals surface area contributed by atoms with Gasteiger partial charge in [-0.25, -0.2) is 4.84 Å². The van der Waals surface area contributed by atoms with E-state index < -0.39 is 12.3 Å². The summed E-state index contributed by atoms with van der Waals surface area (Å²) in [6, 6.07) is 3.08. The Morgan fingerprint density at radius 2 is 2.24 bits per heavy atom. The number of hydrogen-bond donors (Lipinski definition) is 5. The van der Waals surface area contributed by atoms with E-state index in [1.54, 1.807) is 12.1 Å². The first-order chi connectivity index (χ1) is 8.13. The number of halogens is 1. The van der Waals surface area contributed by atoms with Gasteiger partial charge in [-0.05, 0) is 29.5 Å². The van der Waals surface area contributed by atoms with Crippen LogP contribution in [-0.4, -0.2) is 28.1 Å². The fourth-order valence-corrected chi connectivity index (χ4v) is 1.96. The Balaban J connectivity index is 2.44. The van der Waals surface area contributed by atoms with E-state index in [9.17, 15) is 15.3 Å². The molecular weight excluding hydrogens is 244 g/mol. The summed E-state index contributed by atoms with van der Waals surface area (Å²) in [5, 5.41) is 31.7. The average Bonchev–Trinajstić information content (AvgIpc) is 2.30. The second-order valence-corrected chi connectivity index (χ2v) is 4.03. The van der Waals surface area contributed by atoms with Crippen molar-refractivity contribution in [1.82, 2.24) is 4.84 Å². The minimum atomic E-state index is -0.841. The molecule has 2 rings (SSSR count). The second kappa shape index (κ2) is 4.93. The molecule has 5 N–H and O–H groups in total. The van der Waals surface area contributed by atoms with Crippen LogP contribution in [0.25, 0.3) is 6.08 Å². The fraction of sp³-hybridized carbons (Fsp3) is 0.273. The summed E-state index contributed by atoms with van der Waals surface area (Å²) in [7, 11) is 0. The smallest absolute Gasteiger partial charge is 0.144 e. The highest BCUT2D eigenvalue weighted by atomic mass is 35.5. The molecule has 1 heterocycles. The lowest BCUT2D eigenvalue weighted by Gasteiger charge is -2.23. The fourth-order valence-electron chi connectivity index (χ4n) is 1.81. The van der Waals surface area contributed by atoms with Crippen molar-refractivity contribution in [3.05, 3.63) is 29.3 Å². The number of aliphatic hydroxyl groups excluding tert-OH is 2. The Kier molecular flexibility index (Phi) is 3.54. The van der Waals surface area contributed by atoms with Crippen molar-refractivity contribution in [2.45, 2.75) is 12.3 Å². The van der Waals surface area contributed by atoms with E-state index in [1.165, 1.54) is 12.1 Å². The molecule has 1 aromatic carbocycles. The van der Waals surface area contributed by atoms with Gasteiger partial charge in [0, 0.05) is 12.1 Å². The van der Waals surface area contributed by atoms with E-state index in [-0.39, 0.29) is 12.3 Å². The summed E-state index contributed by atoms with van der Waals surface area (Å²) in [5.74, 6) is 0.0261. The lowest BCUT2D eigenvalue weighted by atomic mass is 9.97. The summed E-state index contributed by atoms with van der Waals surface area (Å²) in [6.45, 7) is 0.190. The van der Waals surface area contributed by atoms with Gasteiger partial charge in [-0.1, -0.05) is 12.1 Å². The van der Waals surface area contributed by atoms with Crippen molar-refractivity contribution >= 4 is 23.5 Å². The zero-order valence-electron chi connectivity index (χ0n) is 8.89. The van der Waals surface area contributed by atoms with Crippen LogP contribution in [0.15, 0.2) is 18.2 Å². The second-order valence-electron chi connectivity index (χ2n) is 3.76. The molecule has 17 heavy (non-hydrogen) atoms. The molecule has 92 valence electrons. The predicted molar refractivity (Wildman–Crippen MR) is 65.6 cm³/mol. The molecule has 0 amide bonds. The minimum Gasteiger partial charge on any atom is -0.506 e.